The van der Waals surface area contributed by atoms with Gasteiger partial charge in [-0.25, -0.2) is 18.6 Å². The summed E-state index contributed by atoms with van der Waals surface area (Å²) < 4.78 is 31.6. The first kappa shape index (κ1) is 18.6. The molecule has 29 heavy (non-hydrogen) atoms. The molecule has 154 valence electrons. The van der Waals surface area contributed by atoms with Gasteiger partial charge in [0.05, 0.1) is 24.3 Å². The number of hydrogen-bond donors (Lipinski definition) is 0. The van der Waals surface area contributed by atoms with Gasteiger partial charge in [-0.1, -0.05) is 24.3 Å². The maximum atomic E-state index is 12.3. The van der Waals surface area contributed by atoms with Gasteiger partial charge in [0.2, 0.25) is 0 Å². The van der Waals surface area contributed by atoms with Crippen molar-refractivity contribution in [2.45, 2.75) is 44.6 Å². The van der Waals surface area contributed by atoms with Crippen LogP contribution in [0.3, 0.4) is 0 Å². The molecule has 5 rings (SSSR count). The van der Waals surface area contributed by atoms with Crippen LogP contribution in [-0.2, 0) is 4.74 Å². The summed E-state index contributed by atoms with van der Waals surface area (Å²) in [7, 11) is 0. The minimum Gasteiger partial charge on any atom is -0.443 e. The maximum absolute atomic E-state index is 12.3. The van der Waals surface area contributed by atoms with E-state index in [2.05, 4.69) is 33.8 Å². The van der Waals surface area contributed by atoms with Gasteiger partial charge < -0.3 is 14.2 Å². The van der Waals surface area contributed by atoms with E-state index >= 15 is 0 Å². The van der Waals surface area contributed by atoms with Gasteiger partial charge in [0.1, 0.15) is 0 Å². The van der Waals surface area contributed by atoms with Crippen LogP contribution in [0.4, 0.5) is 13.6 Å². The zero-order chi connectivity index (χ0) is 20.0. The zero-order valence-corrected chi connectivity index (χ0v) is 16.3. The van der Waals surface area contributed by atoms with Gasteiger partial charge in [-0.15, -0.1) is 0 Å². The fourth-order valence-corrected chi connectivity index (χ4v) is 5.72. The molecule has 2 fully saturated rings. The van der Waals surface area contributed by atoms with E-state index in [1.165, 1.54) is 16.8 Å². The van der Waals surface area contributed by atoms with Crippen molar-refractivity contribution < 1.29 is 18.3 Å². The predicted octanol–water partition coefficient (Wildman–Crippen LogP) is 4.74. The third kappa shape index (κ3) is 3.20. The van der Waals surface area contributed by atoms with Crippen molar-refractivity contribution >= 4 is 6.09 Å². The number of aromatic nitrogens is 2. The van der Waals surface area contributed by atoms with Crippen LogP contribution >= 0.6 is 0 Å². The lowest BCUT2D eigenvalue weighted by Crippen LogP contribution is -2.43. The smallest absolute Gasteiger partial charge is 0.409 e. The van der Waals surface area contributed by atoms with Gasteiger partial charge in [0.25, 0.3) is 6.43 Å². The SMILES string of the molecule is O=C(OCC(F)F)N1CCC2(CC[C@@H]([C@H]3c4ccccc4-c4cncn43)C2)CC1. The van der Waals surface area contributed by atoms with Crippen molar-refractivity contribution in [3.63, 3.8) is 0 Å². The van der Waals surface area contributed by atoms with Gasteiger partial charge >= 0.3 is 6.09 Å². The Labute approximate surface area is 168 Å². The monoisotopic (exact) mass is 401 g/mol. The Balaban J connectivity index is 1.27. The summed E-state index contributed by atoms with van der Waals surface area (Å²) in [4.78, 5) is 17.9. The topological polar surface area (TPSA) is 47.4 Å². The van der Waals surface area contributed by atoms with Crippen LogP contribution in [0.2, 0.25) is 0 Å². The van der Waals surface area contributed by atoms with Crippen molar-refractivity contribution in [3.8, 4) is 11.3 Å². The molecule has 0 radical (unpaired) electrons. The number of ether oxygens (including phenoxy) is 1. The molecule has 3 heterocycles. The number of carbonyl (C=O) groups is 1. The lowest BCUT2D eigenvalue weighted by Gasteiger charge is -2.39. The number of imidazole rings is 1. The Bertz CT molecular complexity index is 905. The molecule has 1 amide bonds. The van der Waals surface area contributed by atoms with Crippen molar-refractivity contribution in [2.75, 3.05) is 19.7 Å². The highest BCUT2D eigenvalue weighted by atomic mass is 19.3. The molecule has 7 heteroatoms. The van der Waals surface area contributed by atoms with Crippen LogP contribution in [0.5, 0.6) is 0 Å². The minimum absolute atomic E-state index is 0.239. The molecule has 1 saturated carbocycles. The number of amides is 1. The predicted molar refractivity (Wildman–Crippen MR) is 104 cm³/mol. The molecule has 2 atom stereocenters. The number of likely N-dealkylation sites (tertiary alicyclic amines) is 1. The van der Waals surface area contributed by atoms with E-state index in [0.717, 1.165) is 32.1 Å². The molecule has 1 aromatic carbocycles. The summed E-state index contributed by atoms with van der Waals surface area (Å²) in [5, 5.41) is 0. The van der Waals surface area contributed by atoms with Gasteiger partial charge in [0, 0.05) is 18.7 Å². The summed E-state index contributed by atoms with van der Waals surface area (Å²) in [5.74, 6) is 0.545. The number of hydrogen-bond acceptors (Lipinski definition) is 3. The lowest BCUT2D eigenvalue weighted by molar-refractivity contribution is 0.0200. The Kier molecular flexibility index (Phi) is 4.56. The number of fused-ring (bicyclic) bond motifs is 3. The highest BCUT2D eigenvalue weighted by molar-refractivity contribution is 5.69. The van der Waals surface area contributed by atoms with Crippen LogP contribution in [0, 0.1) is 11.3 Å². The van der Waals surface area contributed by atoms with Crippen LogP contribution in [0.1, 0.15) is 43.7 Å². The maximum Gasteiger partial charge on any atom is 0.409 e. The average Bonchev–Trinajstić information content (AvgIpc) is 3.41. The molecule has 5 nitrogen and oxygen atoms in total. The van der Waals surface area contributed by atoms with E-state index in [4.69, 9.17) is 4.74 Å². The lowest BCUT2D eigenvalue weighted by atomic mass is 9.75. The number of carbonyl (C=O) groups excluding carboxylic acids is 1. The minimum atomic E-state index is -2.62. The summed E-state index contributed by atoms with van der Waals surface area (Å²) in [5.41, 5.74) is 4.11. The van der Waals surface area contributed by atoms with Crippen LogP contribution in [0.15, 0.2) is 36.8 Å². The van der Waals surface area contributed by atoms with Crippen LogP contribution in [-0.4, -0.2) is 46.7 Å². The van der Waals surface area contributed by atoms with E-state index in [-0.39, 0.29) is 5.41 Å². The summed E-state index contributed by atoms with van der Waals surface area (Å²) >= 11 is 0. The van der Waals surface area contributed by atoms with Crippen LogP contribution < -0.4 is 0 Å². The first-order chi connectivity index (χ1) is 14.1. The number of halogens is 2. The molecule has 2 aliphatic heterocycles. The molecule has 0 bridgehead atoms. The highest BCUT2D eigenvalue weighted by Gasteiger charge is 2.46. The first-order valence-electron chi connectivity index (χ1n) is 10.4. The van der Waals surface area contributed by atoms with E-state index < -0.39 is 19.1 Å². The largest absolute Gasteiger partial charge is 0.443 e. The molecule has 2 aromatic rings. The van der Waals surface area contributed by atoms with E-state index in [0.29, 0.717) is 25.0 Å². The van der Waals surface area contributed by atoms with E-state index in [9.17, 15) is 13.6 Å². The van der Waals surface area contributed by atoms with Crippen molar-refractivity contribution in [2.24, 2.45) is 11.3 Å². The fraction of sp³-hybridized carbons (Fsp3) is 0.545. The third-order valence-corrected chi connectivity index (χ3v) is 7.12. The van der Waals surface area contributed by atoms with Gasteiger partial charge in [-0.3, -0.25) is 0 Å². The first-order valence-corrected chi connectivity index (χ1v) is 10.4. The Morgan fingerprint density at radius 2 is 2.03 bits per heavy atom. The van der Waals surface area contributed by atoms with E-state index in [1.807, 2.05) is 12.5 Å². The summed E-state index contributed by atoms with van der Waals surface area (Å²) in [6, 6.07) is 8.94. The molecular weight excluding hydrogens is 376 g/mol. The Hall–Kier alpha value is -2.44. The number of alkyl halides is 2. The molecule has 0 N–H and O–H groups in total. The summed E-state index contributed by atoms with van der Waals surface area (Å²) in [6.07, 6.45) is 5.95. The number of benzene rings is 1. The molecule has 3 aliphatic rings. The number of piperidine rings is 1. The third-order valence-electron chi connectivity index (χ3n) is 7.12. The average molecular weight is 401 g/mol. The quantitative estimate of drug-likeness (QED) is 0.747. The molecule has 0 unspecified atom stereocenters. The second kappa shape index (κ2) is 7.11. The fourth-order valence-electron chi connectivity index (χ4n) is 5.72. The Morgan fingerprint density at radius 1 is 1.24 bits per heavy atom. The van der Waals surface area contributed by atoms with Crippen molar-refractivity contribution in [1.82, 2.24) is 14.5 Å². The standard InChI is InChI=1S/C22H25F2N3O2/c23-19(24)13-29-21(28)26-9-7-22(8-10-26)6-5-15(11-22)20-17-4-2-1-3-16(17)18-12-25-14-27(18)20/h1-4,12,14-15,19-20H,5-11,13H2/t15-,20+/m1/s1. The molecule has 1 aliphatic carbocycles. The molecule has 1 saturated heterocycles. The van der Waals surface area contributed by atoms with Gasteiger partial charge in [-0.2, -0.15) is 0 Å². The van der Waals surface area contributed by atoms with Gasteiger partial charge in [0.15, 0.2) is 6.61 Å². The van der Waals surface area contributed by atoms with Gasteiger partial charge in [-0.05, 0) is 49.0 Å². The number of rotatable bonds is 3. The highest BCUT2D eigenvalue weighted by Crippen LogP contribution is 2.55. The summed E-state index contributed by atoms with van der Waals surface area (Å²) in [6.45, 7) is 0.357. The van der Waals surface area contributed by atoms with Crippen molar-refractivity contribution in [1.29, 1.82) is 0 Å². The Morgan fingerprint density at radius 3 is 2.83 bits per heavy atom. The molecular formula is C22H25F2N3O2. The zero-order valence-electron chi connectivity index (χ0n) is 16.3. The molecule has 1 spiro atoms. The van der Waals surface area contributed by atoms with Crippen LogP contribution in [0.25, 0.3) is 11.3 Å². The molecule has 1 aromatic heterocycles. The second-order valence-corrected chi connectivity index (χ2v) is 8.68. The second-order valence-electron chi connectivity index (χ2n) is 8.68. The van der Waals surface area contributed by atoms with E-state index in [1.54, 1.807) is 4.90 Å². The number of nitrogens with zero attached hydrogens (tertiary/aromatic N) is 3. The normalized spacial score (nSPS) is 24.7. The van der Waals surface area contributed by atoms with Crippen molar-refractivity contribution in [3.05, 3.63) is 42.4 Å².